The first kappa shape index (κ1) is 51.7. The SMILES string of the molecule is CCCCCCCCCCCC(=O)O[C@@H]1[C@H](OC(=O)CCCCCCCCCCC)[C@@H](COC(c2ccccc2)(c2ccc(OC)cc2)c2ccc(OC)cc2)O[C@H]1n1cnc(C(N)=O)n1. The van der Waals surface area contributed by atoms with Crippen molar-refractivity contribution in [1.82, 2.24) is 14.8 Å². The zero-order valence-corrected chi connectivity index (χ0v) is 39.8. The Labute approximate surface area is 392 Å². The first-order valence-corrected chi connectivity index (χ1v) is 24.5. The molecule has 0 saturated carbocycles. The molecular weight excluding hydrogens is 837 g/mol. The lowest BCUT2D eigenvalue weighted by atomic mass is 9.80. The van der Waals surface area contributed by atoms with Gasteiger partial charge in [0.05, 0.1) is 20.8 Å². The topological polar surface area (TPSA) is 163 Å². The number of nitrogens with zero attached hydrogens (tertiary/aromatic N) is 3. The number of rotatable bonds is 32. The van der Waals surface area contributed by atoms with Gasteiger partial charge in [0.1, 0.15) is 29.5 Å². The molecule has 1 amide bonds. The molecule has 2 N–H and O–H groups in total. The van der Waals surface area contributed by atoms with Crippen LogP contribution >= 0.6 is 0 Å². The molecule has 0 unspecified atom stereocenters. The van der Waals surface area contributed by atoms with E-state index in [4.69, 9.17) is 34.2 Å². The fourth-order valence-electron chi connectivity index (χ4n) is 8.70. The van der Waals surface area contributed by atoms with E-state index in [1.165, 1.54) is 75.2 Å². The maximum Gasteiger partial charge on any atom is 0.306 e. The minimum Gasteiger partial charge on any atom is -0.497 e. The number of primary amides is 1. The molecule has 0 bridgehead atoms. The predicted octanol–water partition coefficient (Wildman–Crippen LogP) is 11.0. The predicted molar refractivity (Wildman–Crippen MR) is 254 cm³/mol. The second-order valence-electron chi connectivity index (χ2n) is 17.4. The maximum absolute atomic E-state index is 13.9. The highest BCUT2D eigenvalue weighted by Crippen LogP contribution is 2.43. The average Bonchev–Trinajstić information content (AvgIpc) is 3.96. The van der Waals surface area contributed by atoms with Crippen LogP contribution in [0.4, 0.5) is 0 Å². The molecule has 2 heterocycles. The van der Waals surface area contributed by atoms with Crippen molar-refractivity contribution >= 4 is 17.8 Å². The average molecular weight is 911 g/mol. The quantitative estimate of drug-likeness (QED) is 0.0282. The van der Waals surface area contributed by atoms with E-state index in [9.17, 15) is 14.4 Å². The van der Waals surface area contributed by atoms with Crippen LogP contribution in [-0.2, 0) is 34.1 Å². The van der Waals surface area contributed by atoms with E-state index in [0.717, 1.165) is 55.2 Å². The highest BCUT2D eigenvalue weighted by atomic mass is 16.7. The van der Waals surface area contributed by atoms with Crippen LogP contribution in [0, 0.1) is 0 Å². The molecule has 3 aromatic carbocycles. The number of ether oxygens (including phenoxy) is 6. The Morgan fingerprint density at radius 3 is 1.48 bits per heavy atom. The number of esters is 2. The monoisotopic (exact) mass is 911 g/mol. The molecule has 0 radical (unpaired) electrons. The number of methoxy groups -OCH3 is 2. The summed E-state index contributed by atoms with van der Waals surface area (Å²) in [7, 11) is 3.23. The van der Waals surface area contributed by atoms with Gasteiger partial charge in [0.15, 0.2) is 18.4 Å². The molecule has 5 rings (SSSR count). The summed E-state index contributed by atoms with van der Waals surface area (Å²) >= 11 is 0. The minimum atomic E-state index is -1.24. The van der Waals surface area contributed by atoms with Crippen molar-refractivity contribution in [3.63, 3.8) is 0 Å². The molecule has 1 saturated heterocycles. The second kappa shape index (κ2) is 28.0. The third kappa shape index (κ3) is 15.1. The highest BCUT2D eigenvalue weighted by Gasteiger charge is 2.52. The van der Waals surface area contributed by atoms with Crippen LogP contribution in [0.2, 0.25) is 0 Å². The number of aromatic nitrogens is 3. The van der Waals surface area contributed by atoms with E-state index >= 15 is 0 Å². The summed E-state index contributed by atoms with van der Waals surface area (Å²) in [4.78, 5) is 44.0. The fourth-order valence-corrected chi connectivity index (χ4v) is 8.70. The lowest BCUT2D eigenvalue weighted by Gasteiger charge is -2.37. The number of carbonyl (C=O) groups excluding carboxylic acids is 3. The first-order valence-electron chi connectivity index (χ1n) is 24.5. The van der Waals surface area contributed by atoms with Crippen LogP contribution in [0.1, 0.15) is 176 Å². The van der Waals surface area contributed by atoms with Gasteiger partial charge in [-0.05, 0) is 53.8 Å². The lowest BCUT2D eigenvalue weighted by molar-refractivity contribution is -0.169. The van der Waals surface area contributed by atoms with Crippen molar-refractivity contribution < 1.29 is 42.8 Å². The number of amides is 1. The number of hydrogen-bond acceptors (Lipinski definition) is 11. The molecule has 1 fully saturated rings. The van der Waals surface area contributed by atoms with Crippen LogP contribution in [0.3, 0.4) is 0 Å². The van der Waals surface area contributed by atoms with Gasteiger partial charge in [0.25, 0.3) is 5.91 Å². The Morgan fingerprint density at radius 1 is 0.606 bits per heavy atom. The summed E-state index contributed by atoms with van der Waals surface area (Å²) in [5.41, 5.74) is 6.74. The summed E-state index contributed by atoms with van der Waals surface area (Å²) in [5, 5.41) is 4.32. The molecular formula is C53H74N4O9. The summed E-state index contributed by atoms with van der Waals surface area (Å²) < 4.78 is 39.0. The molecule has 13 heteroatoms. The van der Waals surface area contributed by atoms with Gasteiger partial charge in [0, 0.05) is 12.8 Å². The Balaban J connectivity index is 1.45. The van der Waals surface area contributed by atoms with Crippen LogP contribution in [-0.4, -0.2) is 71.7 Å². The van der Waals surface area contributed by atoms with Crippen LogP contribution < -0.4 is 15.2 Å². The maximum atomic E-state index is 13.9. The van der Waals surface area contributed by atoms with Gasteiger partial charge in [-0.25, -0.2) is 9.67 Å². The van der Waals surface area contributed by atoms with E-state index in [1.54, 1.807) is 14.2 Å². The third-order valence-electron chi connectivity index (χ3n) is 12.4. The third-order valence-corrected chi connectivity index (χ3v) is 12.4. The largest absolute Gasteiger partial charge is 0.497 e. The molecule has 1 aliphatic heterocycles. The Kier molecular flexibility index (Phi) is 22.0. The summed E-state index contributed by atoms with van der Waals surface area (Å²) in [6.45, 7) is 4.30. The van der Waals surface area contributed by atoms with Crippen molar-refractivity contribution in [2.75, 3.05) is 20.8 Å². The van der Waals surface area contributed by atoms with E-state index in [2.05, 4.69) is 23.9 Å². The highest BCUT2D eigenvalue weighted by molar-refractivity contribution is 5.88. The molecule has 4 aromatic rings. The standard InChI is InChI=1S/C53H74N4O9/c1-5-7-9-11-13-15-17-19-24-28-46(58)65-48-45(64-52(57-39-55-51(56-57)50(54)60)49(48)66-47(59)29-25-20-18-16-14-12-10-8-6-2)38-63-53(40-26-22-21-23-27-40,41-30-34-43(61-3)35-31-41)42-32-36-44(62-4)37-33-42/h21-23,26-27,30-37,39,45,48-49,52H,5-20,24-25,28-29,38H2,1-4H3,(H2,54,60)/t45-,48-,49-,52-/m1/s1. The van der Waals surface area contributed by atoms with E-state index in [-0.39, 0.29) is 25.3 Å². The van der Waals surface area contributed by atoms with Gasteiger partial charge >= 0.3 is 11.9 Å². The number of carbonyl (C=O) groups is 3. The molecule has 0 aliphatic carbocycles. The van der Waals surface area contributed by atoms with Crippen molar-refractivity contribution in [2.45, 2.75) is 172 Å². The number of nitrogens with two attached hydrogens (primary N) is 1. The lowest BCUT2D eigenvalue weighted by Crippen LogP contribution is -2.43. The summed E-state index contributed by atoms with van der Waals surface area (Å²) in [5.74, 6) is -0.616. The molecule has 360 valence electrons. The van der Waals surface area contributed by atoms with Crippen LogP contribution in [0.5, 0.6) is 11.5 Å². The van der Waals surface area contributed by atoms with Crippen LogP contribution in [0.25, 0.3) is 0 Å². The summed E-state index contributed by atoms with van der Waals surface area (Å²) in [6, 6.07) is 25.1. The normalized spacial score (nSPS) is 17.1. The smallest absolute Gasteiger partial charge is 0.306 e. The Bertz CT molecular complexity index is 1960. The molecule has 1 aliphatic rings. The zero-order valence-electron chi connectivity index (χ0n) is 39.8. The van der Waals surface area contributed by atoms with E-state index < -0.39 is 48.0 Å². The fraction of sp³-hybridized carbons (Fsp3) is 0.566. The van der Waals surface area contributed by atoms with Crippen molar-refractivity contribution in [2.24, 2.45) is 5.73 Å². The Hall–Kier alpha value is -5.27. The van der Waals surface area contributed by atoms with Gasteiger partial charge in [-0.1, -0.05) is 171 Å². The first-order chi connectivity index (χ1) is 32.2. The summed E-state index contributed by atoms with van der Waals surface area (Å²) in [6.07, 6.45) is 17.0. The molecule has 0 spiro atoms. The van der Waals surface area contributed by atoms with Gasteiger partial charge < -0.3 is 34.2 Å². The number of unbranched alkanes of at least 4 members (excludes halogenated alkanes) is 16. The number of hydrogen-bond donors (Lipinski definition) is 1. The van der Waals surface area contributed by atoms with Gasteiger partial charge in [0.2, 0.25) is 5.82 Å². The van der Waals surface area contributed by atoms with Crippen LogP contribution in [0.15, 0.2) is 85.2 Å². The van der Waals surface area contributed by atoms with Crippen molar-refractivity contribution in [3.05, 3.63) is 108 Å². The van der Waals surface area contributed by atoms with Crippen molar-refractivity contribution in [3.8, 4) is 11.5 Å². The van der Waals surface area contributed by atoms with Gasteiger partial charge in [-0.3, -0.25) is 14.4 Å². The van der Waals surface area contributed by atoms with Crippen molar-refractivity contribution in [1.29, 1.82) is 0 Å². The van der Waals surface area contributed by atoms with Gasteiger partial charge in [-0.15, -0.1) is 5.10 Å². The van der Waals surface area contributed by atoms with E-state index in [0.29, 0.717) is 24.3 Å². The molecule has 66 heavy (non-hydrogen) atoms. The number of benzene rings is 3. The molecule has 4 atom stereocenters. The molecule has 13 nitrogen and oxygen atoms in total. The Morgan fingerprint density at radius 2 is 1.05 bits per heavy atom. The second-order valence-corrected chi connectivity index (χ2v) is 17.4. The van der Waals surface area contributed by atoms with E-state index in [1.807, 2.05) is 78.9 Å². The molecule has 1 aromatic heterocycles. The zero-order chi connectivity index (χ0) is 47.0. The van der Waals surface area contributed by atoms with Gasteiger partial charge in [-0.2, -0.15) is 0 Å². The minimum absolute atomic E-state index is 0.136.